The highest BCUT2D eigenvalue weighted by molar-refractivity contribution is 5.79. The number of hydrogen-bond acceptors (Lipinski definition) is 3. The summed E-state index contributed by atoms with van der Waals surface area (Å²) in [5, 5.41) is 4.00. The number of aryl methyl sites for hydroxylation is 1. The van der Waals surface area contributed by atoms with E-state index in [0.29, 0.717) is 12.8 Å². The zero-order valence-corrected chi connectivity index (χ0v) is 8.16. The molecule has 0 amide bonds. The summed E-state index contributed by atoms with van der Waals surface area (Å²) in [5.74, 6) is 1.02. The van der Waals surface area contributed by atoms with E-state index in [-0.39, 0.29) is 5.78 Å². The van der Waals surface area contributed by atoms with Crippen LogP contribution in [-0.2, 0) is 17.8 Å². The van der Waals surface area contributed by atoms with Gasteiger partial charge in [-0.15, -0.1) is 0 Å². The molecule has 0 radical (unpaired) electrons. The van der Waals surface area contributed by atoms with Gasteiger partial charge >= 0.3 is 0 Å². The first kappa shape index (κ1) is 9.89. The molecule has 4 heteroatoms. The summed E-state index contributed by atoms with van der Waals surface area (Å²) in [5.41, 5.74) is 0. The number of Topliss-reactive ketones (excluding diaryl/α,β-unsaturated/α-hetero) is 1. The summed E-state index contributed by atoms with van der Waals surface area (Å²) in [6.45, 7) is 4.76. The molecule has 0 aromatic carbocycles. The molecule has 1 rings (SSSR count). The Bertz CT molecular complexity index is 280. The molecular weight excluding hydrogens is 166 g/mol. The zero-order valence-electron chi connectivity index (χ0n) is 8.16. The van der Waals surface area contributed by atoms with Gasteiger partial charge < -0.3 is 0 Å². The molecule has 13 heavy (non-hydrogen) atoms. The lowest BCUT2D eigenvalue weighted by Gasteiger charge is -2.00. The summed E-state index contributed by atoms with van der Waals surface area (Å²) in [7, 11) is 0. The summed E-state index contributed by atoms with van der Waals surface area (Å²) in [6, 6.07) is 0. The van der Waals surface area contributed by atoms with Gasteiger partial charge in [0.25, 0.3) is 0 Å². The first-order valence-electron chi connectivity index (χ1n) is 4.66. The van der Waals surface area contributed by atoms with Gasteiger partial charge in [0.1, 0.15) is 17.9 Å². The summed E-state index contributed by atoms with van der Waals surface area (Å²) in [4.78, 5) is 15.3. The zero-order chi connectivity index (χ0) is 9.68. The standard InChI is InChI=1S/C9H15N3O/c1-3-5-8(13)6-9-10-7-11-12(9)4-2/h7H,3-6H2,1-2H3. The minimum absolute atomic E-state index is 0.241. The van der Waals surface area contributed by atoms with E-state index in [2.05, 4.69) is 10.1 Å². The van der Waals surface area contributed by atoms with E-state index in [1.54, 1.807) is 4.68 Å². The smallest absolute Gasteiger partial charge is 0.140 e. The highest BCUT2D eigenvalue weighted by atomic mass is 16.1. The largest absolute Gasteiger partial charge is 0.299 e. The first-order chi connectivity index (χ1) is 6.27. The lowest BCUT2D eigenvalue weighted by molar-refractivity contribution is -0.118. The average Bonchev–Trinajstić information content (AvgIpc) is 2.52. The van der Waals surface area contributed by atoms with Crippen LogP contribution >= 0.6 is 0 Å². The van der Waals surface area contributed by atoms with Gasteiger partial charge in [-0.2, -0.15) is 5.10 Å². The Labute approximate surface area is 78.0 Å². The van der Waals surface area contributed by atoms with E-state index >= 15 is 0 Å². The van der Waals surface area contributed by atoms with Crippen LogP contribution in [0.3, 0.4) is 0 Å². The molecule has 0 aliphatic rings. The van der Waals surface area contributed by atoms with Gasteiger partial charge in [-0.25, -0.2) is 9.67 Å². The van der Waals surface area contributed by atoms with Crippen LogP contribution in [0, 0.1) is 0 Å². The van der Waals surface area contributed by atoms with Crippen LogP contribution in [0.15, 0.2) is 6.33 Å². The van der Waals surface area contributed by atoms with Crippen molar-refractivity contribution in [2.75, 3.05) is 0 Å². The summed E-state index contributed by atoms with van der Waals surface area (Å²) < 4.78 is 1.76. The third-order valence-corrected chi connectivity index (χ3v) is 1.88. The molecule has 0 aliphatic heterocycles. The van der Waals surface area contributed by atoms with Crippen LogP contribution in [-0.4, -0.2) is 20.5 Å². The van der Waals surface area contributed by atoms with Gasteiger partial charge in [-0.1, -0.05) is 6.92 Å². The molecule has 0 spiro atoms. The van der Waals surface area contributed by atoms with E-state index in [0.717, 1.165) is 18.8 Å². The van der Waals surface area contributed by atoms with E-state index in [1.165, 1.54) is 6.33 Å². The fraction of sp³-hybridized carbons (Fsp3) is 0.667. The number of aromatic nitrogens is 3. The second-order valence-corrected chi connectivity index (χ2v) is 2.96. The van der Waals surface area contributed by atoms with Crippen LogP contribution in [0.1, 0.15) is 32.5 Å². The number of nitrogens with zero attached hydrogens (tertiary/aromatic N) is 3. The van der Waals surface area contributed by atoms with Gasteiger partial charge in [0, 0.05) is 13.0 Å². The van der Waals surface area contributed by atoms with E-state index in [9.17, 15) is 4.79 Å². The number of carbonyl (C=O) groups excluding carboxylic acids is 1. The third kappa shape index (κ3) is 2.65. The van der Waals surface area contributed by atoms with Crippen molar-refractivity contribution in [1.29, 1.82) is 0 Å². The monoisotopic (exact) mass is 181 g/mol. The third-order valence-electron chi connectivity index (χ3n) is 1.88. The normalized spacial score (nSPS) is 10.3. The predicted octanol–water partition coefficient (Wildman–Crippen LogP) is 1.21. The average molecular weight is 181 g/mol. The molecule has 0 saturated heterocycles. The molecule has 0 unspecified atom stereocenters. The molecule has 0 saturated carbocycles. The predicted molar refractivity (Wildman–Crippen MR) is 49.3 cm³/mol. The number of rotatable bonds is 5. The van der Waals surface area contributed by atoms with Crippen molar-refractivity contribution >= 4 is 5.78 Å². The highest BCUT2D eigenvalue weighted by Crippen LogP contribution is 1.99. The maximum Gasteiger partial charge on any atom is 0.140 e. The Morgan fingerprint density at radius 1 is 1.54 bits per heavy atom. The molecule has 1 aromatic rings. The lowest BCUT2D eigenvalue weighted by Crippen LogP contribution is -2.10. The minimum atomic E-state index is 0.241. The summed E-state index contributed by atoms with van der Waals surface area (Å²) >= 11 is 0. The van der Waals surface area contributed by atoms with Crippen LogP contribution < -0.4 is 0 Å². The second-order valence-electron chi connectivity index (χ2n) is 2.96. The molecule has 0 atom stereocenters. The summed E-state index contributed by atoms with van der Waals surface area (Å²) in [6.07, 6.45) is 3.45. The van der Waals surface area contributed by atoms with E-state index < -0.39 is 0 Å². The molecule has 72 valence electrons. The quantitative estimate of drug-likeness (QED) is 0.686. The van der Waals surface area contributed by atoms with Crippen molar-refractivity contribution in [3.05, 3.63) is 12.2 Å². The molecule has 0 bridgehead atoms. The number of hydrogen-bond donors (Lipinski definition) is 0. The fourth-order valence-corrected chi connectivity index (χ4v) is 1.23. The molecule has 0 aliphatic carbocycles. The SMILES string of the molecule is CCCC(=O)Cc1ncnn1CC. The van der Waals surface area contributed by atoms with Crippen molar-refractivity contribution in [3.63, 3.8) is 0 Å². The van der Waals surface area contributed by atoms with Crippen molar-refractivity contribution in [3.8, 4) is 0 Å². The number of ketones is 1. The molecule has 0 fully saturated rings. The first-order valence-corrected chi connectivity index (χ1v) is 4.66. The highest BCUT2D eigenvalue weighted by Gasteiger charge is 2.07. The van der Waals surface area contributed by atoms with Gasteiger partial charge in [0.05, 0.1) is 6.42 Å². The van der Waals surface area contributed by atoms with Crippen LogP contribution in [0.4, 0.5) is 0 Å². The Hall–Kier alpha value is -1.19. The Balaban J connectivity index is 2.57. The van der Waals surface area contributed by atoms with Crippen LogP contribution in [0.2, 0.25) is 0 Å². The van der Waals surface area contributed by atoms with Crippen LogP contribution in [0.25, 0.3) is 0 Å². The molecule has 4 nitrogen and oxygen atoms in total. The fourth-order valence-electron chi connectivity index (χ4n) is 1.23. The van der Waals surface area contributed by atoms with Crippen molar-refractivity contribution in [2.45, 2.75) is 39.7 Å². The van der Waals surface area contributed by atoms with Gasteiger partial charge in [-0.3, -0.25) is 4.79 Å². The van der Waals surface area contributed by atoms with Gasteiger partial charge in [0.2, 0.25) is 0 Å². The molecular formula is C9H15N3O. The lowest BCUT2D eigenvalue weighted by atomic mass is 10.2. The minimum Gasteiger partial charge on any atom is -0.299 e. The second kappa shape index (κ2) is 4.74. The number of carbonyl (C=O) groups is 1. The van der Waals surface area contributed by atoms with Crippen molar-refractivity contribution < 1.29 is 4.79 Å². The molecule has 1 aromatic heterocycles. The topological polar surface area (TPSA) is 47.8 Å². The maximum atomic E-state index is 11.3. The molecule has 1 heterocycles. The van der Waals surface area contributed by atoms with Gasteiger partial charge in [0.15, 0.2) is 0 Å². The van der Waals surface area contributed by atoms with Crippen LogP contribution in [0.5, 0.6) is 0 Å². The van der Waals surface area contributed by atoms with Crippen molar-refractivity contribution in [2.24, 2.45) is 0 Å². The molecule has 0 N–H and O–H groups in total. The van der Waals surface area contributed by atoms with Gasteiger partial charge in [-0.05, 0) is 13.3 Å². The Kier molecular flexibility index (Phi) is 3.61. The maximum absolute atomic E-state index is 11.3. The van der Waals surface area contributed by atoms with E-state index in [4.69, 9.17) is 0 Å². The van der Waals surface area contributed by atoms with E-state index in [1.807, 2.05) is 13.8 Å². The van der Waals surface area contributed by atoms with Crippen molar-refractivity contribution in [1.82, 2.24) is 14.8 Å². The Morgan fingerprint density at radius 2 is 2.31 bits per heavy atom. The Morgan fingerprint density at radius 3 is 2.92 bits per heavy atom.